The molecule has 2 N–H and O–H groups in total. The zero-order chi connectivity index (χ0) is 17.1. The zero-order valence-corrected chi connectivity index (χ0v) is 13.7. The number of hydrogen-bond donors (Lipinski definition) is 2. The smallest absolute Gasteiger partial charge is 0.262 e. The number of anilines is 2. The number of carbonyl (C=O) groups excluding carboxylic acids is 2. The average molecular weight is 328 g/mol. The second-order valence-electron chi connectivity index (χ2n) is 5.98. The van der Waals surface area contributed by atoms with Crippen LogP contribution in [0.25, 0.3) is 0 Å². The first kappa shape index (κ1) is 16.0. The molecule has 0 atom stereocenters. The number of nitrogens with one attached hydrogen (secondary N) is 2. The van der Waals surface area contributed by atoms with Crippen LogP contribution in [0.4, 0.5) is 11.4 Å². The van der Waals surface area contributed by atoms with E-state index in [1.807, 2.05) is 26.0 Å². The predicted octanol–water partition coefficient (Wildman–Crippen LogP) is 2.37. The van der Waals surface area contributed by atoms with E-state index >= 15 is 0 Å². The number of carbonyl (C=O) groups is 2. The van der Waals surface area contributed by atoms with Crippen LogP contribution in [0.3, 0.4) is 0 Å². The fourth-order valence-electron chi connectivity index (χ4n) is 2.52. The number of hydrogen-bond acceptors (Lipinski definition) is 4. The Hall–Kier alpha value is -2.83. The number of nitrogens with zero attached hydrogens (tertiary/aromatic N) is 2. The number of fused-ring (bicyclic) bond motifs is 1. The summed E-state index contributed by atoms with van der Waals surface area (Å²) in [5.74, 6) is 0.190. The zero-order valence-electron chi connectivity index (χ0n) is 13.7. The van der Waals surface area contributed by atoms with Gasteiger partial charge in [0.25, 0.3) is 5.91 Å². The van der Waals surface area contributed by atoms with E-state index in [-0.39, 0.29) is 24.5 Å². The van der Waals surface area contributed by atoms with Gasteiger partial charge in [-0.15, -0.1) is 0 Å². The van der Waals surface area contributed by atoms with Crippen molar-refractivity contribution in [2.24, 2.45) is 0 Å². The van der Waals surface area contributed by atoms with Crippen LogP contribution in [0.2, 0.25) is 0 Å². The molecule has 0 saturated heterocycles. The Morgan fingerprint density at radius 2 is 2.25 bits per heavy atom. The number of rotatable bonds is 5. The van der Waals surface area contributed by atoms with Gasteiger partial charge in [0.15, 0.2) is 6.61 Å². The molecule has 2 amide bonds. The highest BCUT2D eigenvalue weighted by Crippen LogP contribution is 2.32. The van der Waals surface area contributed by atoms with Crippen molar-refractivity contribution in [3.05, 3.63) is 36.2 Å². The number of ether oxygens (including phenoxy) is 1. The summed E-state index contributed by atoms with van der Waals surface area (Å²) in [6.07, 6.45) is 4.52. The van der Waals surface area contributed by atoms with Gasteiger partial charge in [0.05, 0.1) is 17.6 Å². The van der Waals surface area contributed by atoms with Gasteiger partial charge in [-0.05, 0) is 31.9 Å². The number of benzene rings is 1. The third-order valence-electron chi connectivity index (χ3n) is 3.77. The van der Waals surface area contributed by atoms with Crippen molar-refractivity contribution in [1.82, 2.24) is 9.78 Å². The van der Waals surface area contributed by atoms with E-state index in [0.717, 1.165) is 5.56 Å². The maximum absolute atomic E-state index is 12.0. The first-order valence-corrected chi connectivity index (χ1v) is 7.91. The van der Waals surface area contributed by atoms with Gasteiger partial charge in [-0.25, -0.2) is 0 Å². The van der Waals surface area contributed by atoms with Crippen LogP contribution in [0.1, 0.15) is 31.9 Å². The van der Waals surface area contributed by atoms with Gasteiger partial charge in [0.2, 0.25) is 5.91 Å². The summed E-state index contributed by atoms with van der Waals surface area (Å²) in [7, 11) is 0. The lowest BCUT2D eigenvalue weighted by molar-refractivity contribution is -0.118. The molecule has 126 valence electrons. The highest BCUT2D eigenvalue weighted by molar-refractivity contribution is 5.96. The van der Waals surface area contributed by atoms with E-state index < -0.39 is 0 Å². The maximum Gasteiger partial charge on any atom is 0.262 e. The minimum atomic E-state index is -0.280. The second kappa shape index (κ2) is 6.74. The van der Waals surface area contributed by atoms with Crippen molar-refractivity contribution in [3.8, 4) is 5.75 Å². The summed E-state index contributed by atoms with van der Waals surface area (Å²) in [6, 6.07) is 5.78. The minimum Gasteiger partial charge on any atom is -0.482 e. The molecule has 0 fully saturated rings. The minimum absolute atomic E-state index is 0.0379. The van der Waals surface area contributed by atoms with E-state index in [1.54, 1.807) is 23.1 Å². The van der Waals surface area contributed by atoms with Crippen molar-refractivity contribution >= 4 is 23.2 Å². The summed E-state index contributed by atoms with van der Waals surface area (Å²) in [5.41, 5.74) is 2.31. The maximum atomic E-state index is 12.0. The molecule has 0 spiro atoms. The molecule has 0 saturated carbocycles. The van der Waals surface area contributed by atoms with Crippen molar-refractivity contribution in [2.45, 2.75) is 32.7 Å². The summed E-state index contributed by atoms with van der Waals surface area (Å²) < 4.78 is 7.35. The Labute approximate surface area is 140 Å². The quantitative estimate of drug-likeness (QED) is 0.882. The Kier molecular flexibility index (Phi) is 4.50. The predicted molar refractivity (Wildman–Crippen MR) is 90.1 cm³/mol. The molecule has 7 nitrogen and oxygen atoms in total. The molecule has 1 aromatic heterocycles. The number of para-hydroxylation sites is 1. The van der Waals surface area contributed by atoms with Crippen molar-refractivity contribution < 1.29 is 14.3 Å². The summed E-state index contributed by atoms with van der Waals surface area (Å²) in [6.45, 7) is 3.88. The molecule has 0 unspecified atom stereocenters. The van der Waals surface area contributed by atoms with Crippen LogP contribution < -0.4 is 15.4 Å². The average Bonchev–Trinajstić information content (AvgIpc) is 3.01. The Balaban J connectivity index is 1.61. The van der Waals surface area contributed by atoms with Crippen molar-refractivity contribution in [3.63, 3.8) is 0 Å². The van der Waals surface area contributed by atoms with E-state index in [2.05, 4.69) is 15.7 Å². The van der Waals surface area contributed by atoms with Gasteiger partial charge in [-0.1, -0.05) is 12.1 Å². The molecular formula is C17H20N4O3. The molecule has 0 radical (unpaired) electrons. The monoisotopic (exact) mass is 328 g/mol. The third-order valence-corrected chi connectivity index (χ3v) is 3.77. The lowest BCUT2D eigenvalue weighted by Gasteiger charge is -2.19. The first-order valence-electron chi connectivity index (χ1n) is 7.91. The van der Waals surface area contributed by atoms with E-state index in [9.17, 15) is 9.59 Å². The van der Waals surface area contributed by atoms with Crippen LogP contribution >= 0.6 is 0 Å². The fraction of sp³-hybridized carbons (Fsp3) is 0.353. The molecule has 1 aromatic carbocycles. The van der Waals surface area contributed by atoms with Crippen LogP contribution in [0.15, 0.2) is 30.6 Å². The van der Waals surface area contributed by atoms with Crippen LogP contribution in [0.5, 0.6) is 5.75 Å². The molecule has 3 rings (SSSR count). The second-order valence-corrected chi connectivity index (χ2v) is 5.98. The molecule has 1 aliphatic rings. The van der Waals surface area contributed by atoms with Crippen LogP contribution in [-0.2, 0) is 16.0 Å². The number of aromatic nitrogens is 2. The third kappa shape index (κ3) is 3.56. The Morgan fingerprint density at radius 1 is 1.42 bits per heavy atom. The van der Waals surface area contributed by atoms with Gasteiger partial charge in [-0.3, -0.25) is 14.3 Å². The largest absolute Gasteiger partial charge is 0.482 e. The number of aryl methyl sites for hydroxylation is 1. The van der Waals surface area contributed by atoms with Gasteiger partial charge >= 0.3 is 0 Å². The summed E-state index contributed by atoms with van der Waals surface area (Å²) in [4.78, 5) is 23.6. The van der Waals surface area contributed by atoms with Gasteiger partial charge in [0, 0.05) is 18.7 Å². The molecular weight excluding hydrogens is 308 g/mol. The number of amides is 2. The van der Waals surface area contributed by atoms with Crippen molar-refractivity contribution in [1.29, 1.82) is 0 Å². The summed E-state index contributed by atoms with van der Waals surface area (Å²) >= 11 is 0. The SMILES string of the molecule is CC(C)n1cc(NC(=O)COc2cccc3c2NC(=O)CC3)cn1. The topological polar surface area (TPSA) is 85.3 Å². The van der Waals surface area contributed by atoms with E-state index in [4.69, 9.17) is 4.74 Å². The van der Waals surface area contributed by atoms with Gasteiger partial charge in [-0.2, -0.15) is 5.10 Å². The fourth-order valence-corrected chi connectivity index (χ4v) is 2.52. The molecule has 0 bridgehead atoms. The molecule has 0 aliphatic carbocycles. The highest BCUT2D eigenvalue weighted by atomic mass is 16.5. The first-order chi connectivity index (χ1) is 11.5. The molecule has 2 aromatic rings. The highest BCUT2D eigenvalue weighted by Gasteiger charge is 2.19. The normalized spacial score (nSPS) is 13.4. The lowest BCUT2D eigenvalue weighted by Crippen LogP contribution is -2.23. The van der Waals surface area contributed by atoms with Gasteiger partial charge < -0.3 is 15.4 Å². The summed E-state index contributed by atoms with van der Waals surface area (Å²) in [5, 5.41) is 9.72. The van der Waals surface area contributed by atoms with E-state index in [1.165, 1.54) is 0 Å². The van der Waals surface area contributed by atoms with E-state index in [0.29, 0.717) is 30.0 Å². The Bertz CT molecular complexity index is 767. The van der Waals surface area contributed by atoms with Crippen LogP contribution in [0, 0.1) is 0 Å². The molecule has 1 aliphatic heterocycles. The van der Waals surface area contributed by atoms with Crippen LogP contribution in [-0.4, -0.2) is 28.2 Å². The van der Waals surface area contributed by atoms with Gasteiger partial charge in [0.1, 0.15) is 5.75 Å². The Morgan fingerprint density at radius 3 is 3.00 bits per heavy atom. The lowest BCUT2D eigenvalue weighted by atomic mass is 10.0. The molecule has 7 heteroatoms. The van der Waals surface area contributed by atoms with Crippen molar-refractivity contribution in [2.75, 3.05) is 17.2 Å². The molecule has 24 heavy (non-hydrogen) atoms. The standard InChI is InChI=1S/C17H20N4O3/c1-11(2)21-9-13(8-18-21)19-16(23)10-24-14-5-3-4-12-6-7-15(22)20-17(12)14/h3-5,8-9,11H,6-7,10H2,1-2H3,(H,19,23)(H,20,22). The molecule has 2 heterocycles.